The molecule has 96 valence electrons. The van der Waals surface area contributed by atoms with E-state index in [0.717, 1.165) is 5.92 Å². The van der Waals surface area contributed by atoms with Crippen LogP contribution in [0.25, 0.3) is 0 Å². The minimum absolute atomic E-state index is 0.396. The first-order chi connectivity index (χ1) is 8.26. The van der Waals surface area contributed by atoms with Crippen molar-refractivity contribution in [2.75, 3.05) is 17.3 Å². The standard InChI is InChI=1S/C13H22N2S2/c1-10-3-2-5-13(7-10)9-17-12(15-13)14-11-4-6-16-8-11/h10-11H,2-9H2,1H3,(H,14,15). The van der Waals surface area contributed by atoms with Gasteiger partial charge in [-0.2, -0.15) is 11.8 Å². The molecule has 3 rings (SSSR count). The van der Waals surface area contributed by atoms with Crippen molar-refractivity contribution in [3.63, 3.8) is 0 Å². The SMILES string of the molecule is CC1CCCC2(CSC(=NC3CCSC3)N2)C1. The molecule has 3 aliphatic rings. The Morgan fingerprint density at radius 1 is 1.41 bits per heavy atom. The number of nitrogens with one attached hydrogen (secondary N) is 1. The van der Waals surface area contributed by atoms with E-state index in [1.165, 1.54) is 54.5 Å². The molecule has 2 heterocycles. The van der Waals surface area contributed by atoms with Crippen molar-refractivity contribution in [2.24, 2.45) is 10.9 Å². The van der Waals surface area contributed by atoms with E-state index < -0.39 is 0 Å². The summed E-state index contributed by atoms with van der Waals surface area (Å²) in [5, 5.41) is 5.01. The molecular formula is C13H22N2S2. The normalized spacial score (nSPS) is 44.4. The highest BCUT2D eigenvalue weighted by atomic mass is 32.2. The first-order valence-electron chi connectivity index (χ1n) is 6.82. The Bertz CT molecular complexity index is 313. The maximum Gasteiger partial charge on any atom is 0.157 e. The van der Waals surface area contributed by atoms with Gasteiger partial charge in [0.15, 0.2) is 5.17 Å². The topological polar surface area (TPSA) is 24.4 Å². The van der Waals surface area contributed by atoms with Gasteiger partial charge in [0.05, 0.1) is 6.04 Å². The first kappa shape index (κ1) is 12.2. The van der Waals surface area contributed by atoms with Gasteiger partial charge in [-0.15, -0.1) is 0 Å². The third-order valence-corrected chi connectivity index (χ3v) is 6.48. The van der Waals surface area contributed by atoms with Gasteiger partial charge in [-0.05, 0) is 30.9 Å². The third-order valence-electron chi connectivity index (χ3n) is 4.15. The molecule has 0 amide bonds. The second-order valence-electron chi connectivity index (χ2n) is 5.85. The molecule has 4 heteroatoms. The molecule has 0 aromatic rings. The lowest BCUT2D eigenvalue weighted by atomic mass is 9.78. The molecular weight excluding hydrogens is 248 g/mol. The van der Waals surface area contributed by atoms with Crippen molar-refractivity contribution in [3.05, 3.63) is 0 Å². The molecule has 0 radical (unpaired) electrons. The molecule has 0 bridgehead atoms. The predicted octanol–water partition coefficient (Wildman–Crippen LogP) is 3.13. The Balaban J connectivity index is 1.64. The van der Waals surface area contributed by atoms with E-state index in [-0.39, 0.29) is 0 Å². The van der Waals surface area contributed by atoms with Crippen LogP contribution < -0.4 is 5.32 Å². The summed E-state index contributed by atoms with van der Waals surface area (Å²) in [5.74, 6) is 4.66. The van der Waals surface area contributed by atoms with Crippen LogP contribution >= 0.6 is 23.5 Å². The van der Waals surface area contributed by atoms with Crippen LogP contribution in [-0.2, 0) is 0 Å². The highest BCUT2D eigenvalue weighted by molar-refractivity contribution is 8.14. The molecule has 0 aromatic heterocycles. The van der Waals surface area contributed by atoms with Crippen LogP contribution in [0.5, 0.6) is 0 Å². The van der Waals surface area contributed by atoms with Gasteiger partial charge in [0.2, 0.25) is 0 Å². The highest BCUT2D eigenvalue weighted by Gasteiger charge is 2.40. The van der Waals surface area contributed by atoms with Crippen LogP contribution in [-0.4, -0.2) is 34.0 Å². The number of thioether (sulfide) groups is 2. The average molecular weight is 270 g/mol. The zero-order valence-electron chi connectivity index (χ0n) is 10.6. The quantitative estimate of drug-likeness (QED) is 0.792. The summed E-state index contributed by atoms with van der Waals surface area (Å²) in [5.41, 5.74) is 0.396. The Hall–Kier alpha value is 0.170. The van der Waals surface area contributed by atoms with Gasteiger partial charge < -0.3 is 5.32 Å². The minimum Gasteiger partial charge on any atom is -0.359 e. The number of hydrogen-bond acceptors (Lipinski definition) is 3. The molecule has 1 saturated carbocycles. The second-order valence-corrected chi connectivity index (χ2v) is 7.96. The number of rotatable bonds is 1. The van der Waals surface area contributed by atoms with Crippen molar-refractivity contribution in [1.29, 1.82) is 0 Å². The molecule has 3 atom stereocenters. The lowest BCUT2D eigenvalue weighted by Crippen LogP contribution is -2.47. The van der Waals surface area contributed by atoms with Gasteiger partial charge in [0.1, 0.15) is 0 Å². The Kier molecular flexibility index (Phi) is 3.62. The van der Waals surface area contributed by atoms with E-state index in [2.05, 4.69) is 12.2 Å². The van der Waals surface area contributed by atoms with E-state index in [9.17, 15) is 0 Å². The van der Waals surface area contributed by atoms with Crippen LogP contribution in [0.1, 0.15) is 39.0 Å². The first-order valence-corrected chi connectivity index (χ1v) is 8.96. The van der Waals surface area contributed by atoms with Crippen molar-refractivity contribution in [3.8, 4) is 0 Å². The monoisotopic (exact) mass is 270 g/mol. The predicted molar refractivity (Wildman–Crippen MR) is 79.1 cm³/mol. The molecule has 1 N–H and O–H groups in total. The van der Waals surface area contributed by atoms with Crippen LogP contribution in [0.3, 0.4) is 0 Å². The second kappa shape index (κ2) is 5.04. The van der Waals surface area contributed by atoms with Gasteiger partial charge in [-0.1, -0.05) is 31.5 Å². The lowest BCUT2D eigenvalue weighted by molar-refractivity contribution is 0.242. The molecule has 3 fully saturated rings. The molecule has 2 nitrogen and oxygen atoms in total. The molecule has 1 spiro atoms. The summed E-state index contributed by atoms with van der Waals surface area (Å²) in [6.07, 6.45) is 6.78. The van der Waals surface area contributed by atoms with Crippen molar-refractivity contribution in [1.82, 2.24) is 5.32 Å². The molecule has 1 aliphatic carbocycles. The zero-order valence-corrected chi connectivity index (χ0v) is 12.2. The van der Waals surface area contributed by atoms with E-state index in [4.69, 9.17) is 4.99 Å². The Labute approximate surface area is 113 Å². The van der Waals surface area contributed by atoms with Gasteiger partial charge in [-0.3, -0.25) is 4.99 Å². The van der Waals surface area contributed by atoms with Crippen LogP contribution in [0, 0.1) is 5.92 Å². The fourth-order valence-electron chi connectivity index (χ4n) is 3.27. The van der Waals surface area contributed by atoms with E-state index in [0.29, 0.717) is 11.6 Å². The van der Waals surface area contributed by atoms with E-state index >= 15 is 0 Å². The van der Waals surface area contributed by atoms with Crippen LogP contribution in [0.2, 0.25) is 0 Å². The van der Waals surface area contributed by atoms with Crippen LogP contribution in [0.4, 0.5) is 0 Å². The highest BCUT2D eigenvalue weighted by Crippen LogP contribution is 2.39. The van der Waals surface area contributed by atoms with Gasteiger partial charge in [0.25, 0.3) is 0 Å². The summed E-state index contributed by atoms with van der Waals surface area (Å²) in [7, 11) is 0. The summed E-state index contributed by atoms with van der Waals surface area (Å²) in [4.78, 5) is 4.90. The molecule has 2 saturated heterocycles. The van der Waals surface area contributed by atoms with Crippen molar-refractivity contribution >= 4 is 28.7 Å². The largest absolute Gasteiger partial charge is 0.359 e. The molecule has 3 unspecified atom stereocenters. The maximum absolute atomic E-state index is 4.90. The zero-order chi connectivity index (χ0) is 11.7. The van der Waals surface area contributed by atoms with E-state index in [1.807, 2.05) is 23.5 Å². The maximum atomic E-state index is 4.90. The molecule has 0 aromatic carbocycles. The molecule has 2 aliphatic heterocycles. The third kappa shape index (κ3) is 2.78. The summed E-state index contributed by atoms with van der Waals surface area (Å²) < 4.78 is 0. The lowest BCUT2D eigenvalue weighted by Gasteiger charge is -2.36. The van der Waals surface area contributed by atoms with Crippen LogP contribution in [0.15, 0.2) is 4.99 Å². The fraction of sp³-hybridized carbons (Fsp3) is 0.923. The summed E-state index contributed by atoms with van der Waals surface area (Å²) in [6, 6.07) is 0.589. The number of hydrogen-bond donors (Lipinski definition) is 1. The number of nitrogens with zero attached hydrogens (tertiary/aromatic N) is 1. The Morgan fingerprint density at radius 2 is 2.35 bits per heavy atom. The minimum atomic E-state index is 0.396. The van der Waals surface area contributed by atoms with Crippen molar-refractivity contribution < 1.29 is 0 Å². The summed E-state index contributed by atoms with van der Waals surface area (Å²) >= 11 is 4.02. The summed E-state index contributed by atoms with van der Waals surface area (Å²) in [6.45, 7) is 2.40. The number of aliphatic imine (C=N–C) groups is 1. The van der Waals surface area contributed by atoms with Gasteiger partial charge in [-0.25, -0.2) is 0 Å². The van der Waals surface area contributed by atoms with Crippen molar-refractivity contribution in [2.45, 2.75) is 50.6 Å². The Morgan fingerprint density at radius 3 is 3.12 bits per heavy atom. The fourth-order valence-corrected chi connectivity index (χ4v) is 5.65. The average Bonchev–Trinajstić information content (AvgIpc) is 2.90. The van der Waals surface area contributed by atoms with Gasteiger partial charge >= 0.3 is 0 Å². The van der Waals surface area contributed by atoms with Gasteiger partial charge in [0, 0.05) is 17.0 Å². The molecule has 17 heavy (non-hydrogen) atoms. The number of amidine groups is 1. The smallest absolute Gasteiger partial charge is 0.157 e. The van der Waals surface area contributed by atoms with E-state index in [1.54, 1.807) is 0 Å².